The number of nitrogens with one attached hydrogen (secondary N) is 1. The summed E-state index contributed by atoms with van der Waals surface area (Å²) in [6, 6.07) is 7.37. The Kier molecular flexibility index (Phi) is 4.15. The van der Waals surface area contributed by atoms with Gasteiger partial charge in [0.2, 0.25) is 11.8 Å². The minimum atomic E-state index is 0.452. The van der Waals surface area contributed by atoms with Gasteiger partial charge in [-0.3, -0.25) is 5.32 Å². The molecule has 0 unspecified atom stereocenters. The van der Waals surface area contributed by atoms with Crippen molar-refractivity contribution < 1.29 is 4.42 Å². The maximum absolute atomic E-state index is 8.59. The molecular formula is C12H11N5OS. The van der Waals surface area contributed by atoms with Gasteiger partial charge in [0, 0.05) is 12.5 Å². The smallest absolute Gasteiger partial charge is 0.247 e. The van der Waals surface area contributed by atoms with Gasteiger partial charge in [-0.25, -0.2) is 4.99 Å². The minimum Gasteiger partial charge on any atom is -0.421 e. The molecule has 0 spiro atoms. The molecule has 0 saturated carbocycles. The summed E-state index contributed by atoms with van der Waals surface area (Å²) in [4.78, 5) is 4.32. The molecule has 2 aromatic rings. The fourth-order valence-electron chi connectivity index (χ4n) is 1.41. The van der Waals surface area contributed by atoms with Gasteiger partial charge in [-0.15, -0.1) is 10.2 Å². The SMILES string of the molecule is CSC(=Nc1cccc(-c2nnc(C)o2)c1)NC#N. The van der Waals surface area contributed by atoms with Gasteiger partial charge in [-0.2, -0.15) is 5.26 Å². The van der Waals surface area contributed by atoms with Crippen LogP contribution in [0.5, 0.6) is 0 Å². The van der Waals surface area contributed by atoms with Crippen LogP contribution in [0.2, 0.25) is 0 Å². The maximum atomic E-state index is 8.59. The Hall–Kier alpha value is -2.33. The normalized spacial score (nSPS) is 11.1. The lowest BCUT2D eigenvalue weighted by atomic mass is 10.2. The zero-order chi connectivity index (χ0) is 13.7. The third kappa shape index (κ3) is 3.33. The zero-order valence-electron chi connectivity index (χ0n) is 10.4. The first-order valence-corrected chi connectivity index (χ1v) is 6.63. The summed E-state index contributed by atoms with van der Waals surface area (Å²) in [7, 11) is 0. The van der Waals surface area contributed by atoms with Gasteiger partial charge in [-0.1, -0.05) is 17.8 Å². The van der Waals surface area contributed by atoms with Crippen molar-refractivity contribution in [3.05, 3.63) is 30.2 Å². The Morgan fingerprint density at radius 3 is 2.95 bits per heavy atom. The molecule has 0 aliphatic carbocycles. The number of nitrogens with zero attached hydrogens (tertiary/aromatic N) is 4. The molecule has 0 bridgehead atoms. The molecule has 0 aliphatic heterocycles. The highest BCUT2D eigenvalue weighted by Gasteiger charge is 2.06. The first-order chi connectivity index (χ1) is 9.22. The number of aromatic nitrogens is 2. The molecule has 96 valence electrons. The minimum absolute atomic E-state index is 0.452. The van der Waals surface area contributed by atoms with Crippen molar-refractivity contribution in [1.29, 1.82) is 5.26 Å². The van der Waals surface area contributed by atoms with E-state index in [-0.39, 0.29) is 0 Å². The summed E-state index contributed by atoms with van der Waals surface area (Å²) in [5, 5.41) is 19.4. The van der Waals surface area contributed by atoms with Crippen LogP contribution in [-0.4, -0.2) is 21.6 Å². The van der Waals surface area contributed by atoms with Crippen molar-refractivity contribution in [2.45, 2.75) is 6.92 Å². The van der Waals surface area contributed by atoms with E-state index in [4.69, 9.17) is 9.68 Å². The predicted molar refractivity (Wildman–Crippen MR) is 73.8 cm³/mol. The van der Waals surface area contributed by atoms with Gasteiger partial charge < -0.3 is 4.42 Å². The highest BCUT2D eigenvalue weighted by Crippen LogP contribution is 2.23. The highest BCUT2D eigenvalue weighted by atomic mass is 32.2. The average molecular weight is 273 g/mol. The van der Waals surface area contributed by atoms with Gasteiger partial charge in [0.15, 0.2) is 11.4 Å². The molecule has 0 atom stereocenters. The van der Waals surface area contributed by atoms with E-state index in [9.17, 15) is 0 Å². The van der Waals surface area contributed by atoms with E-state index in [0.29, 0.717) is 22.6 Å². The zero-order valence-corrected chi connectivity index (χ0v) is 11.2. The van der Waals surface area contributed by atoms with Crippen LogP contribution in [0.1, 0.15) is 5.89 Å². The lowest BCUT2D eigenvalue weighted by Crippen LogP contribution is -2.12. The molecule has 19 heavy (non-hydrogen) atoms. The van der Waals surface area contributed by atoms with Gasteiger partial charge >= 0.3 is 0 Å². The first kappa shape index (κ1) is 13.1. The number of benzene rings is 1. The summed E-state index contributed by atoms with van der Waals surface area (Å²) in [6.45, 7) is 1.74. The maximum Gasteiger partial charge on any atom is 0.247 e. The van der Waals surface area contributed by atoms with E-state index < -0.39 is 0 Å². The Labute approximate surface area is 114 Å². The topological polar surface area (TPSA) is 87.1 Å². The Balaban J connectivity index is 2.32. The first-order valence-electron chi connectivity index (χ1n) is 5.41. The number of hydrogen-bond acceptors (Lipinski definition) is 6. The van der Waals surface area contributed by atoms with E-state index in [0.717, 1.165) is 5.56 Å². The van der Waals surface area contributed by atoms with Gasteiger partial charge in [0.25, 0.3) is 0 Å². The van der Waals surface area contributed by atoms with Crippen molar-refractivity contribution in [2.24, 2.45) is 4.99 Å². The summed E-state index contributed by atoms with van der Waals surface area (Å²) in [6.07, 6.45) is 3.69. The Bertz CT molecular complexity index is 644. The average Bonchev–Trinajstić information content (AvgIpc) is 2.85. The molecule has 1 aromatic carbocycles. The second-order valence-corrected chi connectivity index (χ2v) is 4.33. The number of thioether (sulfide) groups is 1. The second kappa shape index (κ2) is 6.02. The fraction of sp³-hybridized carbons (Fsp3) is 0.167. The van der Waals surface area contributed by atoms with Crippen molar-refractivity contribution in [3.63, 3.8) is 0 Å². The van der Waals surface area contributed by atoms with Crippen LogP contribution in [0.15, 0.2) is 33.7 Å². The lowest BCUT2D eigenvalue weighted by molar-refractivity contribution is 0.533. The summed E-state index contributed by atoms with van der Waals surface area (Å²) in [5.74, 6) is 0.966. The number of aryl methyl sites for hydroxylation is 1. The molecule has 0 fully saturated rings. The summed E-state index contributed by atoms with van der Waals surface area (Å²) >= 11 is 1.36. The molecular weight excluding hydrogens is 262 g/mol. The molecule has 0 aliphatic rings. The summed E-state index contributed by atoms with van der Waals surface area (Å²) in [5.41, 5.74) is 1.50. The molecule has 0 saturated heterocycles. The van der Waals surface area contributed by atoms with Gasteiger partial charge in [0.05, 0.1) is 5.69 Å². The lowest BCUT2D eigenvalue weighted by Gasteiger charge is -2.01. The summed E-state index contributed by atoms with van der Waals surface area (Å²) < 4.78 is 5.36. The van der Waals surface area contributed by atoms with Crippen molar-refractivity contribution in [2.75, 3.05) is 6.26 Å². The Morgan fingerprint density at radius 1 is 1.47 bits per heavy atom. The van der Waals surface area contributed by atoms with Crippen LogP contribution in [0.4, 0.5) is 5.69 Å². The van der Waals surface area contributed by atoms with Crippen LogP contribution in [0.25, 0.3) is 11.5 Å². The largest absolute Gasteiger partial charge is 0.421 e. The molecule has 2 rings (SSSR count). The number of hydrogen-bond donors (Lipinski definition) is 1. The van der Waals surface area contributed by atoms with Crippen LogP contribution < -0.4 is 5.32 Å². The van der Waals surface area contributed by atoms with Crippen LogP contribution >= 0.6 is 11.8 Å². The predicted octanol–water partition coefficient (Wildman–Crippen LogP) is 2.47. The second-order valence-electron chi connectivity index (χ2n) is 3.53. The fourth-order valence-corrected chi connectivity index (χ4v) is 1.76. The molecule has 1 aromatic heterocycles. The monoisotopic (exact) mass is 273 g/mol. The quantitative estimate of drug-likeness (QED) is 0.391. The van der Waals surface area contributed by atoms with Crippen LogP contribution in [-0.2, 0) is 0 Å². The van der Waals surface area contributed by atoms with Crippen LogP contribution in [0, 0.1) is 18.4 Å². The highest BCUT2D eigenvalue weighted by molar-refractivity contribution is 8.13. The van der Waals surface area contributed by atoms with Crippen LogP contribution in [0.3, 0.4) is 0 Å². The number of rotatable bonds is 2. The molecule has 0 amide bonds. The van der Waals surface area contributed by atoms with Crippen molar-refractivity contribution >= 4 is 22.6 Å². The van der Waals surface area contributed by atoms with E-state index in [2.05, 4.69) is 20.5 Å². The van der Waals surface area contributed by atoms with Crippen molar-refractivity contribution in [3.8, 4) is 17.6 Å². The molecule has 1 N–H and O–H groups in total. The van der Waals surface area contributed by atoms with E-state index in [1.54, 1.807) is 6.92 Å². The van der Waals surface area contributed by atoms with E-state index in [1.807, 2.05) is 36.7 Å². The van der Waals surface area contributed by atoms with E-state index in [1.165, 1.54) is 11.8 Å². The number of nitriles is 1. The third-order valence-electron chi connectivity index (χ3n) is 2.21. The molecule has 6 nitrogen and oxygen atoms in total. The molecule has 7 heteroatoms. The molecule has 0 radical (unpaired) electrons. The van der Waals surface area contributed by atoms with Gasteiger partial charge in [-0.05, 0) is 24.5 Å². The van der Waals surface area contributed by atoms with Gasteiger partial charge in [0.1, 0.15) is 0 Å². The van der Waals surface area contributed by atoms with Crippen molar-refractivity contribution in [1.82, 2.24) is 15.5 Å². The van der Waals surface area contributed by atoms with E-state index >= 15 is 0 Å². The Morgan fingerprint density at radius 2 is 2.32 bits per heavy atom. The molecule has 1 heterocycles. The third-order valence-corrected chi connectivity index (χ3v) is 2.79. The number of aliphatic imine (C=N–C) groups is 1. The number of amidine groups is 1. The standard InChI is InChI=1S/C12H11N5OS/c1-8-16-17-11(18-8)9-4-3-5-10(6-9)15-12(19-2)14-7-13/h3-6H,1-2H3,(H,14,15).